The van der Waals surface area contributed by atoms with Crippen LogP contribution in [0.25, 0.3) is 0 Å². The number of piperidine rings is 2. The molecule has 4 unspecified atom stereocenters. The van der Waals surface area contributed by atoms with Crippen LogP contribution in [0.3, 0.4) is 0 Å². The molecular formula is C17H32N2O. The summed E-state index contributed by atoms with van der Waals surface area (Å²) in [6, 6.07) is 2.99. The molecule has 0 amide bonds. The molecule has 0 aromatic rings. The van der Waals surface area contributed by atoms with Crippen molar-refractivity contribution < 1.29 is 4.74 Å². The van der Waals surface area contributed by atoms with Crippen LogP contribution >= 0.6 is 0 Å². The van der Waals surface area contributed by atoms with Crippen LogP contribution in [0.15, 0.2) is 0 Å². The van der Waals surface area contributed by atoms with Gasteiger partial charge in [0.1, 0.15) is 0 Å². The van der Waals surface area contributed by atoms with Gasteiger partial charge < -0.3 is 10.1 Å². The first-order valence-corrected chi connectivity index (χ1v) is 8.92. The fraction of sp³-hybridized carbons (Fsp3) is 1.00. The van der Waals surface area contributed by atoms with Gasteiger partial charge in [0, 0.05) is 30.8 Å². The molecule has 3 rings (SSSR count). The molecule has 0 aromatic carbocycles. The first-order valence-electron chi connectivity index (χ1n) is 8.92. The molecule has 2 bridgehead atoms. The Hall–Kier alpha value is -0.120. The Labute approximate surface area is 124 Å². The van der Waals surface area contributed by atoms with Crippen molar-refractivity contribution in [2.24, 2.45) is 0 Å². The van der Waals surface area contributed by atoms with Gasteiger partial charge in [-0.15, -0.1) is 0 Å². The Kier molecular flexibility index (Phi) is 5.00. The maximum absolute atomic E-state index is 5.97. The first-order chi connectivity index (χ1) is 9.79. The van der Waals surface area contributed by atoms with E-state index in [1.807, 2.05) is 0 Å². The lowest BCUT2D eigenvalue weighted by molar-refractivity contribution is -0.0553. The molecule has 0 saturated carbocycles. The maximum Gasteiger partial charge on any atom is 0.0728 e. The molecule has 3 heterocycles. The number of nitrogens with zero attached hydrogens (tertiary/aromatic N) is 1. The van der Waals surface area contributed by atoms with Gasteiger partial charge in [-0.05, 0) is 58.4 Å². The third-order valence-corrected chi connectivity index (χ3v) is 5.69. The highest BCUT2D eigenvalue weighted by Crippen LogP contribution is 2.37. The second-order valence-corrected chi connectivity index (χ2v) is 7.10. The molecule has 0 radical (unpaired) electrons. The van der Waals surface area contributed by atoms with Crippen molar-refractivity contribution in [1.82, 2.24) is 10.2 Å². The molecule has 3 aliphatic rings. The lowest BCUT2D eigenvalue weighted by Crippen LogP contribution is -2.61. The van der Waals surface area contributed by atoms with Crippen LogP contribution in [-0.2, 0) is 4.74 Å². The quantitative estimate of drug-likeness (QED) is 0.838. The van der Waals surface area contributed by atoms with Crippen molar-refractivity contribution >= 4 is 0 Å². The van der Waals surface area contributed by atoms with E-state index in [-0.39, 0.29) is 0 Å². The third-order valence-electron chi connectivity index (χ3n) is 5.69. The standard InChI is InChI=1S/C17H32N2O/c1-3-9-18-14-11-15-6-4-7-16(12-14)19(15)13(2)17-8-5-10-20-17/h13-18H,3-12H2,1-2H3. The van der Waals surface area contributed by atoms with E-state index in [1.54, 1.807) is 0 Å². The summed E-state index contributed by atoms with van der Waals surface area (Å²) in [5, 5.41) is 3.77. The summed E-state index contributed by atoms with van der Waals surface area (Å²) in [5.41, 5.74) is 0. The fourth-order valence-corrected chi connectivity index (χ4v) is 4.77. The van der Waals surface area contributed by atoms with Crippen LogP contribution in [0.5, 0.6) is 0 Å². The van der Waals surface area contributed by atoms with Gasteiger partial charge in [-0.3, -0.25) is 4.90 Å². The van der Waals surface area contributed by atoms with E-state index in [4.69, 9.17) is 4.74 Å². The molecule has 1 N–H and O–H groups in total. The third kappa shape index (κ3) is 3.05. The largest absolute Gasteiger partial charge is 0.377 e. The summed E-state index contributed by atoms with van der Waals surface area (Å²) >= 11 is 0. The summed E-state index contributed by atoms with van der Waals surface area (Å²) in [6.45, 7) is 6.85. The van der Waals surface area contributed by atoms with E-state index in [2.05, 4.69) is 24.1 Å². The topological polar surface area (TPSA) is 24.5 Å². The summed E-state index contributed by atoms with van der Waals surface area (Å²) in [5.74, 6) is 0. The molecule has 0 aromatic heterocycles. The minimum Gasteiger partial charge on any atom is -0.377 e. The van der Waals surface area contributed by atoms with Crippen molar-refractivity contribution in [3.05, 3.63) is 0 Å². The Bertz CT molecular complexity index is 289. The molecule has 4 atom stereocenters. The van der Waals surface area contributed by atoms with Crippen LogP contribution < -0.4 is 5.32 Å². The van der Waals surface area contributed by atoms with Gasteiger partial charge in [-0.1, -0.05) is 13.3 Å². The molecule has 0 spiro atoms. The zero-order chi connectivity index (χ0) is 13.9. The number of rotatable bonds is 5. The van der Waals surface area contributed by atoms with E-state index in [0.29, 0.717) is 12.1 Å². The second kappa shape index (κ2) is 6.76. The Morgan fingerprint density at radius 3 is 2.50 bits per heavy atom. The first kappa shape index (κ1) is 14.8. The van der Waals surface area contributed by atoms with Gasteiger partial charge in [0.2, 0.25) is 0 Å². The Balaban J connectivity index is 1.63. The molecule has 116 valence electrons. The Morgan fingerprint density at radius 2 is 1.90 bits per heavy atom. The van der Waals surface area contributed by atoms with Crippen LogP contribution in [0.4, 0.5) is 0 Å². The van der Waals surface area contributed by atoms with Gasteiger partial charge in [0.15, 0.2) is 0 Å². The highest BCUT2D eigenvalue weighted by molar-refractivity contribution is 4.98. The lowest BCUT2D eigenvalue weighted by Gasteiger charge is -2.52. The van der Waals surface area contributed by atoms with Crippen molar-refractivity contribution in [3.8, 4) is 0 Å². The van der Waals surface area contributed by atoms with E-state index in [9.17, 15) is 0 Å². The molecule has 3 nitrogen and oxygen atoms in total. The number of nitrogens with one attached hydrogen (secondary N) is 1. The number of fused-ring (bicyclic) bond motifs is 2. The lowest BCUT2D eigenvalue weighted by atomic mass is 9.80. The van der Waals surface area contributed by atoms with Crippen LogP contribution in [0.1, 0.15) is 65.2 Å². The van der Waals surface area contributed by atoms with Gasteiger partial charge in [0.25, 0.3) is 0 Å². The average Bonchev–Trinajstić information content (AvgIpc) is 2.97. The summed E-state index contributed by atoms with van der Waals surface area (Å²) in [6.07, 6.45) is 11.2. The van der Waals surface area contributed by atoms with E-state index in [0.717, 1.165) is 24.7 Å². The molecule has 3 fully saturated rings. The van der Waals surface area contributed by atoms with E-state index in [1.165, 1.54) is 57.9 Å². The maximum atomic E-state index is 5.97. The predicted molar refractivity (Wildman–Crippen MR) is 83.0 cm³/mol. The summed E-state index contributed by atoms with van der Waals surface area (Å²) in [7, 11) is 0. The zero-order valence-electron chi connectivity index (χ0n) is 13.3. The fourth-order valence-electron chi connectivity index (χ4n) is 4.77. The summed E-state index contributed by atoms with van der Waals surface area (Å²) < 4.78 is 5.97. The van der Waals surface area contributed by atoms with E-state index >= 15 is 0 Å². The van der Waals surface area contributed by atoms with Crippen LogP contribution in [-0.4, -0.2) is 48.3 Å². The predicted octanol–water partition coefficient (Wildman–Crippen LogP) is 2.94. The van der Waals surface area contributed by atoms with Gasteiger partial charge >= 0.3 is 0 Å². The molecule has 3 heteroatoms. The van der Waals surface area contributed by atoms with Crippen molar-refractivity contribution in [1.29, 1.82) is 0 Å². The normalized spacial score (nSPS) is 39.9. The highest BCUT2D eigenvalue weighted by Gasteiger charge is 2.42. The molecule has 0 aliphatic carbocycles. The van der Waals surface area contributed by atoms with Crippen LogP contribution in [0.2, 0.25) is 0 Å². The molecule has 3 saturated heterocycles. The van der Waals surface area contributed by atoms with Gasteiger partial charge in [0.05, 0.1) is 6.10 Å². The highest BCUT2D eigenvalue weighted by atomic mass is 16.5. The van der Waals surface area contributed by atoms with Crippen LogP contribution in [0, 0.1) is 0 Å². The van der Waals surface area contributed by atoms with Crippen molar-refractivity contribution in [3.63, 3.8) is 0 Å². The second-order valence-electron chi connectivity index (χ2n) is 7.10. The van der Waals surface area contributed by atoms with E-state index < -0.39 is 0 Å². The van der Waals surface area contributed by atoms with Crippen molar-refractivity contribution in [2.45, 2.75) is 95.5 Å². The zero-order valence-corrected chi connectivity index (χ0v) is 13.3. The molecular weight excluding hydrogens is 248 g/mol. The monoisotopic (exact) mass is 280 g/mol. The minimum atomic E-state index is 0.498. The molecule has 3 aliphatic heterocycles. The molecule has 20 heavy (non-hydrogen) atoms. The number of ether oxygens (including phenoxy) is 1. The van der Waals surface area contributed by atoms with Gasteiger partial charge in [-0.25, -0.2) is 0 Å². The SMILES string of the molecule is CCCNC1CC2CCCC(C1)N2C(C)C1CCCO1. The van der Waals surface area contributed by atoms with Gasteiger partial charge in [-0.2, -0.15) is 0 Å². The minimum absolute atomic E-state index is 0.498. The average molecular weight is 280 g/mol. The van der Waals surface area contributed by atoms with Crippen molar-refractivity contribution in [2.75, 3.05) is 13.2 Å². The number of hydrogen-bond donors (Lipinski definition) is 1. The number of hydrogen-bond acceptors (Lipinski definition) is 3. The summed E-state index contributed by atoms with van der Waals surface area (Å²) in [4.78, 5) is 2.85. The smallest absolute Gasteiger partial charge is 0.0728 e. The Morgan fingerprint density at radius 1 is 1.15 bits per heavy atom.